The summed E-state index contributed by atoms with van der Waals surface area (Å²) in [5.74, 6) is 0.486. The van der Waals surface area contributed by atoms with Gasteiger partial charge < -0.3 is 19.9 Å². The van der Waals surface area contributed by atoms with Crippen molar-refractivity contribution in [2.45, 2.75) is 32.7 Å². The second-order valence-electron chi connectivity index (χ2n) is 5.51. The number of aromatic nitrogens is 3. The van der Waals surface area contributed by atoms with Crippen LogP contribution < -0.4 is 5.73 Å². The van der Waals surface area contributed by atoms with Gasteiger partial charge >= 0.3 is 0 Å². The summed E-state index contributed by atoms with van der Waals surface area (Å²) in [6.07, 6.45) is 0. The molecule has 0 saturated carbocycles. The van der Waals surface area contributed by atoms with Crippen LogP contribution in [-0.4, -0.2) is 55.1 Å². The van der Waals surface area contributed by atoms with Gasteiger partial charge in [0, 0.05) is 12.5 Å². The van der Waals surface area contributed by atoms with Gasteiger partial charge in [-0.05, 0) is 0 Å². The first kappa shape index (κ1) is 16.9. The number of hydrogen-bond acceptors (Lipinski definition) is 6. The van der Waals surface area contributed by atoms with Crippen molar-refractivity contribution in [2.24, 2.45) is 0 Å². The van der Waals surface area contributed by atoms with Crippen molar-refractivity contribution in [1.82, 2.24) is 15.0 Å². The van der Waals surface area contributed by atoms with Crippen LogP contribution in [0.3, 0.4) is 0 Å². The Morgan fingerprint density at radius 1 is 1.05 bits per heavy atom. The molecule has 1 aromatic heterocycles. The van der Waals surface area contributed by atoms with Gasteiger partial charge in [0.25, 0.3) is 0 Å². The monoisotopic (exact) mass is 286 g/mol. The van der Waals surface area contributed by atoms with E-state index < -0.39 is 0 Å². The van der Waals surface area contributed by atoms with E-state index in [2.05, 4.69) is 31.1 Å². The summed E-state index contributed by atoms with van der Waals surface area (Å²) in [5, 5.41) is 7.98. The minimum Gasteiger partial charge on any atom is -0.382 e. The molecule has 0 fully saturated rings. The predicted molar refractivity (Wildman–Crippen MR) is 76.6 cm³/mol. The molecule has 0 spiro atoms. The zero-order valence-electron chi connectivity index (χ0n) is 12.9. The standard InChI is InChI=1S/C13H26N4O3/c1-13(2,3)11-12(14)15-16-17(11)5-6-19-9-10-20-8-7-18-4/h5-10,14H2,1-4H3. The average molecular weight is 286 g/mol. The number of nitrogen functional groups attached to an aromatic ring is 1. The SMILES string of the molecule is COCCOCCOCCn1nnc(N)c1C(C)(C)C. The first-order valence-electron chi connectivity index (χ1n) is 6.80. The molecule has 7 nitrogen and oxygen atoms in total. The lowest BCUT2D eigenvalue weighted by Crippen LogP contribution is -2.22. The Bertz CT molecular complexity index is 387. The van der Waals surface area contributed by atoms with E-state index in [0.717, 1.165) is 5.69 Å². The highest BCUT2D eigenvalue weighted by Gasteiger charge is 2.23. The van der Waals surface area contributed by atoms with Crippen LogP contribution in [0.4, 0.5) is 5.82 Å². The molecule has 0 radical (unpaired) electrons. The van der Waals surface area contributed by atoms with E-state index in [-0.39, 0.29) is 5.41 Å². The van der Waals surface area contributed by atoms with E-state index in [1.165, 1.54) is 0 Å². The quantitative estimate of drug-likeness (QED) is 0.677. The third-order valence-electron chi connectivity index (χ3n) is 2.72. The molecular weight excluding hydrogens is 260 g/mol. The van der Waals surface area contributed by atoms with Crippen molar-refractivity contribution < 1.29 is 14.2 Å². The summed E-state index contributed by atoms with van der Waals surface area (Å²) in [7, 11) is 1.65. The van der Waals surface area contributed by atoms with E-state index in [9.17, 15) is 0 Å². The number of ether oxygens (including phenoxy) is 3. The molecule has 7 heteroatoms. The zero-order chi connectivity index (χ0) is 15.0. The summed E-state index contributed by atoms with van der Waals surface area (Å²) in [6.45, 7) is 9.76. The second-order valence-corrected chi connectivity index (χ2v) is 5.51. The molecule has 1 aromatic rings. The van der Waals surface area contributed by atoms with E-state index in [0.29, 0.717) is 45.4 Å². The van der Waals surface area contributed by atoms with Crippen molar-refractivity contribution in [3.8, 4) is 0 Å². The largest absolute Gasteiger partial charge is 0.382 e. The molecule has 0 unspecified atom stereocenters. The predicted octanol–water partition coefficient (Wildman–Crippen LogP) is 0.837. The van der Waals surface area contributed by atoms with Gasteiger partial charge in [0.1, 0.15) is 0 Å². The van der Waals surface area contributed by atoms with E-state index in [4.69, 9.17) is 19.9 Å². The van der Waals surface area contributed by atoms with Crippen LogP contribution in [0, 0.1) is 0 Å². The van der Waals surface area contributed by atoms with Gasteiger partial charge in [-0.2, -0.15) is 0 Å². The smallest absolute Gasteiger partial charge is 0.169 e. The van der Waals surface area contributed by atoms with Gasteiger partial charge in [-0.1, -0.05) is 26.0 Å². The molecule has 0 aliphatic heterocycles. The molecular formula is C13H26N4O3. The van der Waals surface area contributed by atoms with Gasteiger partial charge in [0.2, 0.25) is 0 Å². The first-order valence-corrected chi connectivity index (χ1v) is 6.80. The third-order valence-corrected chi connectivity index (χ3v) is 2.72. The number of anilines is 1. The maximum atomic E-state index is 5.86. The molecule has 20 heavy (non-hydrogen) atoms. The van der Waals surface area contributed by atoms with Crippen LogP contribution in [0.2, 0.25) is 0 Å². The average Bonchev–Trinajstić information content (AvgIpc) is 2.73. The fourth-order valence-electron chi connectivity index (χ4n) is 1.87. The maximum Gasteiger partial charge on any atom is 0.169 e. The lowest BCUT2D eigenvalue weighted by Gasteiger charge is -2.20. The Labute approximate surface area is 120 Å². The van der Waals surface area contributed by atoms with Crippen LogP contribution >= 0.6 is 0 Å². The molecule has 0 bridgehead atoms. The summed E-state index contributed by atoms with van der Waals surface area (Å²) in [6, 6.07) is 0. The summed E-state index contributed by atoms with van der Waals surface area (Å²) in [5.41, 5.74) is 6.71. The number of methoxy groups -OCH3 is 1. The molecule has 2 N–H and O–H groups in total. The molecule has 0 aromatic carbocycles. The van der Waals surface area contributed by atoms with Gasteiger partial charge in [0.15, 0.2) is 5.82 Å². The van der Waals surface area contributed by atoms with Gasteiger partial charge in [-0.25, -0.2) is 4.68 Å². The van der Waals surface area contributed by atoms with Gasteiger partial charge in [-0.3, -0.25) is 0 Å². The normalized spacial score (nSPS) is 12.0. The highest BCUT2D eigenvalue weighted by atomic mass is 16.5. The van der Waals surface area contributed by atoms with Crippen LogP contribution in [0.25, 0.3) is 0 Å². The number of nitrogens with zero attached hydrogens (tertiary/aromatic N) is 3. The van der Waals surface area contributed by atoms with E-state index in [1.54, 1.807) is 11.8 Å². The third kappa shape index (κ3) is 5.44. The molecule has 0 aliphatic rings. The summed E-state index contributed by atoms with van der Waals surface area (Å²) >= 11 is 0. The summed E-state index contributed by atoms with van der Waals surface area (Å²) < 4.78 is 17.5. The van der Waals surface area contributed by atoms with Crippen LogP contribution in [0.15, 0.2) is 0 Å². The summed E-state index contributed by atoms with van der Waals surface area (Å²) in [4.78, 5) is 0. The molecule has 116 valence electrons. The molecule has 1 rings (SSSR count). The fraction of sp³-hybridized carbons (Fsp3) is 0.846. The van der Waals surface area contributed by atoms with Gasteiger partial charge in [0.05, 0.1) is 45.3 Å². The molecule has 0 saturated heterocycles. The van der Waals surface area contributed by atoms with Crippen molar-refractivity contribution in [3.05, 3.63) is 5.69 Å². The molecule has 0 aliphatic carbocycles. The molecule has 1 heterocycles. The highest BCUT2D eigenvalue weighted by molar-refractivity contribution is 5.37. The van der Waals surface area contributed by atoms with Crippen molar-refractivity contribution in [2.75, 3.05) is 45.9 Å². The number of rotatable bonds is 9. The second kappa shape index (κ2) is 8.18. The van der Waals surface area contributed by atoms with Crippen LogP contribution in [0.5, 0.6) is 0 Å². The fourth-order valence-corrected chi connectivity index (χ4v) is 1.87. The Morgan fingerprint density at radius 2 is 1.65 bits per heavy atom. The lowest BCUT2D eigenvalue weighted by atomic mass is 9.92. The van der Waals surface area contributed by atoms with Crippen LogP contribution in [-0.2, 0) is 26.2 Å². The van der Waals surface area contributed by atoms with Crippen molar-refractivity contribution in [3.63, 3.8) is 0 Å². The lowest BCUT2D eigenvalue weighted by molar-refractivity contribution is 0.0222. The highest BCUT2D eigenvalue weighted by Crippen LogP contribution is 2.25. The Hall–Kier alpha value is -1.18. The Balaban J connectivity index is 2.26. The van der Waals surface area contributed by atoms with Crippen molar-refractivity contribution in [1.29, 1.82) is 0 Å². The minimum absolute atomic E-state index is 0.0865. The molecule has 0 amide bonds. The van der Waals surface area contributed by atoms with E-state index >= 15 is 0 Å². The minimum atomic E-state index is -0.0865. The maximum absolute atomic E-state index is 5.86. The molecule has 0 atom stereocenters. The number of hydrogen-bond donors (Lipinski definition) is 1. The Morgan fingerprint density at radius 3 is 2.25 bits per heavy atom. The van der Waals surface area contributed by atoms with Crippen LogP contribution in [0.1, 0.15) is 26.5 Å². The zero-order valence-corrected chi connectivity index (χ0v) is 12.9. The van der Waals surface area contributed by atoms with Crippen molar-refractivity contribution >= 4 is 5.82 Å². The Kier molecular flexibility index (Phi) is 6.90. The first-order chi connectivity index (χ1) is 9.46. The van der Waals surface area contributed by atoms with Gasteiger partial charge in [-0.15, -0.1) is 5.10 Å². The number of nitrogens with two attached hydrogens (primary N) is 1. The topological polar surface area (TPSA) is 84.4 Å². The van der Waals surface area contributed by atoms with E-state index in [1.807, 2.05) is 0 Å².